The molecule has 3 N–H and O–H groups in total. The highest BCUT2D eigenvalue weighted by molar-refractivity contribution is 5.44. The normalized spacial score (nSPS) is 17.0. The molecule has 3 rings (SSSR count). The third kappa shape index (κ3) is 6.26. The molecule has 2 aromatic rings. The van der Waals surface area contributed by atoms with E-state index < -0.39 is 0 Å². The van der Waals surface area contributed by atoms with Gasteiger partial charge in [0.25, 0.3) is 0 Å². The van der Waals surface area contributed by atoms with Gasteiger partial charge in [-0.25, -0.2) is 0 Å². The fraction of sp³-hybridized carbons (Fsp3) is 0.571. The van der Waals surface area contributed by atoms with Crippen molar-refractivity contribution in [2.45, 2.75) is 70.6 Å². The lowest BCUT2D eigenvalue weighted by atomic mass is 9.81. The highest BCUT2D eigenvalue weighted by atomic mass is 16.5. The van der Waals surface area contributed by atoms with Gasteiger partial charge in [0.15, 0.2) is 0 Å². The zero-order valence-electron chi connectivity index (χ0n) is 20.3. The molecule has 4 heteroatoms. The van der Waals surface area contributed by atoms with Crippen LogP contribution in [0, 0.1) is 5.92 Å². The molecule has 1 aliphatic rings. The third-order valence-electron chi connectivity index (χ3n) is 6.74. The SMILES string of the molecule is COc1ccc(OC[C@@H]2CCc3cc([C@H](CN)CCCCO)ccc3C2)cc1C(C)(C)C. The molecule has 176 valence electrons. The molecule has 0 spiro atoms. The van der Waals surface area contributed by atoms with Crippen LogP contribution in [0.3, 0.4) is 0 Å². The average Bonchev–Trinajstić information content (AvgIpc) is 2.79. The standard InChI is InChI=1S/C28H41NO3/c1-28(2,3)26-17-25(12-13-27(26)31-4)32-19-20-8-9-22-16-23(11-10-21(22)15-20)24(18-29)7-5-6-14-30/h10-13,16-17,20,24,30H,5-9,14-15,18-19,29H2,1-4H3/t20-,24+/m1/s1. The number of aliphatic hydroxyl groups is 1. The van der Waals surface area contributed by atoms with E-state index in [1.54, 1.807) is 7.11 Å². The van der Waals surface area contributed by atoms with Crippen molar-refractivity contribution in [3.63, 3.8) is 0 Å². The van der Waals surface area contributed by atoms with Crippen LogP contribution in [0.1, 0.15) is 74.6 Å². The Kier molecular flexibility index (Phi) is 8.61. The Hall–Kier alpha value is -2.04. The number of hydrogen-bond acceptors (Lipinski definition) is 4. The van der Waals surface area contributed by atoms with Crippen molar-refractivity contribution < 1.29 is 14.6 Å². The first-order valence-corrected chi connectivity index (χ1v) is 12.1. The molecule has 2 atom stereocenters. The zero-order valence-corrected chi connectivity index (χ0v) is 20.3. The lowest BCUT2D eigenvalue weighted by Crippen LogP contribution is -2.21. The number of aryl methyl sites for hydroxylation is 1. The predicted octanol–water partition coefficient (Wildman–Crippen LogP) is 5.38. The second-order valence-electron chi connectivity index (χ2n) is 10.2. The van der Waals surface area contributed by atoms with E-state index in [0.717, 1.165) is 56.6 Å². The maximum absolute atomic E-state index is 9.05. The first kappa shape index (κ1) is 24.6. The smallest absolute Gasteiger partial charge is 0.122 e. The summed E-state index contributed by atoms with van der Waals surface area (Å²) < 4.78 is 11.8. The van der Waals surface area contributed by atoms with Crippen LogP contribution in [0.2, 0.25) is 0 Å². The lowest BCUT2D eigenvalue weighted by molar-refractivity contribution is 0.233. The number of unbranched alkanes of at least 4 members (excludes halogenated alkanes) is 1. The molecule has 0 unspecified atom stereocenters. The summed E-state index contributed by atoms with van der Waals surface area (Å²) in [6.45, 7) is 8.26. The summed E-state index contributed by atoms with van der Waals surface area (Å²) in [6.07, 6.45) is 6.24. The first-order chi connectivity index (χ1) is 15.4. The number of hydrogen-bond donors (Lipinski definition) is 2. The molecule has 0 heterocycles. The molecule has 0 aromatic heterocycles. The van der Waals surface area contributed by atoms with Crippen molar-refractivity contribution in [1.29, 1.82) is 0 Å². The van der Waals surface area contributed by atoms with Crippen LogP contribution in [0.5, 0.6) is 11.5 Å². The Morgan fingerprint density at radius 3 is 2.59 bits per heavy atom. The van der Waals surface area contributed by atoms with Crippen LogP contribution in [-0.4, -0.2) is 32.0 Å². The van der Waals surface area contributed by atoms with Gasteiger partial charge in [-0.2, -0.15) is 0 Å². The molecule has 0 amide bonds. The van der Waals surface area contributed by atoms with Crippen molar-refractivity contribution in [1.82, 2.24) is 0 Å². The van der Waals surface area contributed by atoms with E-state index >= 15 is 0 Å². The van der Waals surface area contributed by atoms with E-state index in [4.69, 9.17) is 20.3 Å². The van der Waals surface area contributed by atoms with Crippen LogP contribution in [0.25, 0.3) is 0 Å². The fourth-order valence-corrected chi connectivity index (χ4v) is 4.75. The van der Waals surface area contributed by atoms with Gasteiger partial charge in [-0.1, -0.05) is 45.4 Å². The van der Waals surface area contributed by atoms with Gasteiger partial charge < -0.3 is 20.3 Å². The molecule has 32 heavy (non-hydrogen) atoms. The molecule has 0 saturated carbocycles. The van der Waals surface area contributed by atoms with E-state index in [9.17, 15) is 0 Å². The summed E-state index contributed by atoms with van der Waals surface area (Å²) in [5.41, 5.74) is 11.5. The van der Waals surface area contributed by atoms with E-state index in [1.165, 1.54) is 22.3 Å². The van der Waals surface area contributed by atoms with Crippen molar-refractivity contribution in [3.8, 4) is 11.5 Å². The van der Waals surface area contributed by atoms with Gasteiger partial charge in [-0.15, -0.1) is 0 Å². The summed E-state index contributed by atoms with van der Waals surface area (Å²) in [5.74, 6) is 2.76. The van der Waals surface area contributed by atoms with E-state index in [1.807, 2.05) is 12.1 Å². The minimum absolute atomic E-state index is 0.00564. The fourth-order valence-electron chi connectivity index (χ4n) is 4.75. The summed E-state index contributed by atoms with van der Waals surface area (Å²) in [7, 11) is 1.72. The average molecular weight is 440 g/mol. The van der Waals surface area contributed by atoms with Gasteiger partial charge in [0.1, 0.15) is 11.5 Å². The highest BCUT2D eigenvalue weighted by Crippen LogP contribution is 2.35. The number of methoxy groups -OCH3 is 1. The maximum Gasteiger partial charge on any atom is 0.122 e. The van der Waals surface area contributed by atoms with Crippen LogP contribution < -0.4 is 15.2 Å². The Balaban J connectivity index is 1.61. The Morgan fingerprint density at radius 1 is 1.09 bits per heavy atom. The van der Waals surface area contributed by atoms with Crippen LogP contribution in [0.4, 0.5) is 0 Å². The van der Waals surface area contributed by atoms with E-state index in [-0.39, 0.29) is 12.0 Å². The van der Waals surface area contributed by atoms with Crippen LogP contribution in [0.15, 0.2) is 36.4 Å². The van der Waals surface area contributed by atoms with Crippen molar-refractivity contribution in [2.24, 2.45) is 11.7 Å². The Labute approximate surface area is 194 Å². The summed E-state index contributed by atoms with van der Waals surface area (Å²) >= 11 is 0. The second kappa shape index (κ2) is 11.2. The number of rotatable bonds is 10. The number of fused-ring (bicyclic) bond motifs is 1. The summed E-state index contributed by atoms with van der Waals surface area (Å²) in [6, 6.07) is 13.1. The number of benzene rings is 2. The molecule has 0 fully saturated rings. The number of nitrogens with two attached hydrogens (primary N) is 1. The molecular weight excluding hydrogens is 398 g/mol. The zero-order chi connectivity index (χ0) is 23.1. The molecule has 4 nitrogen and oxygen atoms in total. The topological polar surface area (TPSA) is 64.7 Å². The monoisotopic (exact) mass is 439 g/mol. The first-order valence-electron chi connectivity index (χ1n) is 12.1. The number of ether oxygens (including phenoxy) is 2. The molecule has 2 aromatic carbocycles. The molecular formula is C28H41NO3. The molecule has 0 bridgehead atoms. The van der Waals surface area contributed by atoms with E-state index in [0.29, 0.717) is 18.4 Å². The van der Waals surface area contributed by atoms with Crippen molar-refractivity contribution in [2.75, 3.05) is 26.9 Å². The summed E-state index contributed by atoms with van der Waals surface area (Å²) in [4.78, 5) is 0. The predicted molar refractivity (Wildman–Crippen MR) is 132 cm³/mol. The number of aliphatic hydroxyl groups excluding tert-OH is 1. The summed E-state index contributed by atoms with van der Waals surface area (Å²) in [5, 5.41) is 9.05. The Morgan fingerprint density at radius 2 is 1.91 bits per heavy atom. The second-order valence-corrected chi connectivity index (χ2v) is 10.2. The Bertz CT molecular complexity index is 871. The highest BCUT2D eigenvalue weighted by Gasteiger charge is 2.22. The quantitative estimate of drug-likeness (QED) is 0.488. The lowest BCUT2D eigenvalue weighted by Gasteiger charge is -2.27. The minimum Gasteiger partial charge on any atom is -0.496 e. The minimum atomic E-state index is 0.00564. The largest absolute Gasteiger partial charge is 0.496 e. The molecule has 0 saturated heterocycles. The van der Waals surface area contributed by atoms with Gasteiger partial charge in [-0.05, 0) is 90.8 Å². The van der Waals surface area contributed by atoms with Gasteiger partial charge in [-0.3, -0.25) is 0 Å². The van der Waals surface area contributed by atoms with Gasteiger partial charge in [0, 0.05) is 12.2 Å². The third-order valence-corrected chi connectivity index (χ3v) is 6.74. The van der Waals surface area contributed by atoms with Crippen LogP contribution >= 0.6 is 0 Å². The van der Waals surface area contributed by atoms with Gasteiger partial charge >= 0.3 is 0 Å². The van der Waals surface area contributed by atoms with Gasteiger partial charge in [0.05, 0.1) is 13.7 Å². The molecule has 0 radical (unpaired) electrons. The maximum atomic E-state index is 9.05. The molecule has 1 aliphatic carbocycles. The van der Waals surface area contributed by atoms with Crippen molar-refractivity contribution >= 4 is 0 Å². The van der Waals surface area contributed by atoms with E-state index in [2.05, 4.69) is 45.0 Å². The van der Waals surface area contributed by atoms with Crippen LogP contribution in [-0.2, 0) is 18.3 Å². The van der Waals surface area contributed by atoms with Gasteiger partial charge in [0.2, 0.25) is 0 Å². The molecule has 0 aliphatic heterocycles. The van der Waals surface area contributed by atoms with Crippen molar-refractivity contribution in [3.05, 3.63) is 58.7 Å².